The van der Waals surface area contributed by atoms with Gasteiger partial charge in [0.25, 0.3) is 11.8 Å². The highest BCUT2D eigenvalue weighted by atomic mass is 19.1. The maximum atomic E-state index is 13.4. The van der Waals surface area contributed by atoms with Crippen LogP contribution in [0.15, 0.2) is 34.9 Å². The van der Waals surface area contributed by atoms with E-state index in [1.807, 2.05) is 0 Å². The second-order valence-electron chi connectivity index (χ2n) is 4.87. The van der Waals surface area contributed by atoms with Crippen LogP contribution in [0.3, 0.4) is 0 Å². The van der Waals surface area contributed by atoms with Crippen molar-refractivity contribution in [3.05, 3.63) is 58.8 Å². The van der Waals surface area contributed by atoms with E-state index in [4.69, 9.17) is 4.42 Å². The first-order valence-electron chi connectivity index (χ1n) is 6.85. The van der Waals surface area contributed by atoms with Crippen LogP contribution in [0.25, 0.3) is 0 Å². The van der Waals surface area contributed by atoms with Crippen molar-refractivity contribution in [2.24, 2.45) is 0 Å². The van der Waals surface area contributed by atoms with Gasteiger partial charge in [0.05, 0.1) is 11.8 Å². The average Bonchev–Trinajstić information content (AvgIpc) is 2.92. The van der Waals surface area contributed by atoms with Gasteiger partial charge in [0.2, 0.25) is 0 Å². The number of nitrogens with one attached hydrogen (secondary N) is 2. The minimum Gasteiger partial charge on any atom is -0.469 e. The Hall–Kier alpha value is -2.63. The molecule has 0 aliphatic heterocycles. The third-order valence-electron chi connectivity index (χ3n) is 3.23. The summed E-state index contributed by atoms with van der Waals surface area (Å²) in [4.78, 5) is 23.6. The highest BCUT2D eigenvalue weighted by Crippen LogP contribution is 2.09. The Morgan fingerprint density at radius 2 is 1.77 bits per heavy atom. The van der Waals surface area contributed by atoms with Crippen molar-refractivity contribution in [2.75, 3.05) is 13.1 Å². The maximum Gasteiger partial charge on any atom is 0.254 e. The fourth-order valence-corrected chi connectivity index (χ4v) is 1.90. The van der Waals surface area contributed by atoms with Gasteiger partial charge in [-0.05, 0) is 37.6 Å². The quantitative estimate of drug-likeness (QED) is 0.832. The molecule has 0 spiro atoms. The summed E-state index contributed by atoms with van der Waals surface area (Å²) in [5.41, 5.74) is 1.20. The summed E-state index contributed by atoms with van der Waals surface area (Å²) in [6.45, 7) is 3.84. The third kappa shape index (κ3) is 3.72. The van der Waals surface area contributed by atoms with Crippen molar-refractivity contribution in [1.82, 2.24) is 10.6 Å². The molecule has 116 valence electrons. The number of carbonyl (C=O) groups is 2. The molecule has 0 radical (unpaired) electrons. The summed E-state index contributed by atoms with van der Waals surface area (Å²) in [6.07, 6.45) is 1.44. The molecule has 0 saturated carbocycles. The zero-order chi connectivity index (χ0) is 16.1. The molecule has 0 aliphatic rings. The molecule has 5 nitrogen and oxygen atoms in total. The molecular formula is C16H17FN2O3. The van der Waals surface area contributed by atoms with Crippen LogP contribution < -0.4 is 10.6 Å². The fourth-order valence-electron chi connectivity index (χ4n) is 1.90. The Morgan fingerprint density at radius 3 is 2.36 bits per heavy atom. The van der Waals surface area contributed by atoms with E-state index in [9.17, 15) is 14.0 Å². The lowest BCUT2D eigenvalue weighted by molar-refractivity contribution is 0.0926. The topological polar surface area (TPSA) is 71.3 Å². The lowest BCUT2D eigenvalue weighted by atomic mass is 10.1. The number of carbonyl (C=O) groups excluding carboxylic acids is 2. The fraction of sp³-hybridized carbons (Fsp3) is 0.250. The molecule has 0 atom stereocenters. The Kier molecular flexibility index (Phi) is 4.93. The first-order valence-corrected chi connectivity index (χ1v) is 6.85. The number of furan rings is 1. The molecule has 6 heteroatoms. The van der Waals surface area contributed by atoms with Crippen LogP contribution in [0.5, 0.6) is 0 Å². The van der Waals surface area contributed by atoms with E-state index in [1.54, 1.807) is 32.0 Å². The van der Waals surface area contributed by atoms with Crippen molar-refractivity contribution in [1.29, 1.82) is 0 Å². The molecule has 1 heterocycles. The van der Waals surface area contributed by atoms with Gasteiger partial charge in [-0.2, -0.15) is 0 Å². The molecule has 0 bridgehead atoms. The van der Waals surface area contributed by atoms with Crippen LogP contribution in [0.2, 0.25) is 0 Å². The smallest absolute Gasteiger partial charge is 0.254 e. The maximum absolute atomic E-state index is 13.4. The molecule has 2 aromatic rings. The predicted molar refractivity (Wildman–Crippen MR) is 79.2 cm³/mol. The Labute approximate surface area is 127 Å². The minimum atomic E-state index is -0.420. The largest absolute Gasteiger partial charge is 0.469 e. The number of aryl methyl sites for hydroxylation is 2. The van der Waals surface area contributed by atoms with Crippen molar-refractivity contribution in [3.63, 3.8) is 0 Å². The van der Waals surface area contributed by atoms with Gasteiger partial charge in [0.15, 0.2) is 0 Å². The number of hydrogen-bond acceptors (Lipinski definition) is 3. The highest BCUT2D eigenvalue weighted by molar-refractivity contribution is 5.95. The van der Waals surface area contributed by atoms with E-state index in [0.29, 0.717) is 16.9 Å². The van der Waals surface area contributed by atoms with E-state index < -0.39 is 5.82 Å². The van der Waals surface area contributed by atoms with E-state index >= 15 is 0 Å². The molecule has 1 aromatic carbocycles. The van der Waals surface area contributed by atoms with Gasteiger partial charge in [-0.15, -0.1) is 0 Å². The first-order chi connectivity index (χ1) is 10.5. The molecule has 2 rings (SSSR count). The Balaban J connectivity index is 1.79. The molecule has 1 aromatic heterocycles. The van der Waals surface area contributed by atoms with E-state index in [2.05, 4.69) is 10.6 Å². The van der Waals surface area contributed by atoms with Crippen LogP contribution >= 0.6 is 0 Å². The monoisotopic (exact) mass is 304 g/mol. The second-order valence-corrected chi connectivity index (χ2v) is 4.87. The number of amides is 2. The summed E-state index contributed by atoms with van der Waals surface area (Å²) >= 11 is 0. The molecular weight excluding hydrogens is 287 g/mol. The van der Waals surface area contributed by atoms with Crippen molar-refractivity contribution >= 4 is 11.8 Å². The van der Waals surface area contributed by atoms with Gasteiger partial charge in [-0.3, -0.25) is 9.59 Å². The minimum absolute atomic E-state index is 0.247. The van der Waals surface area contributed by atoms with Crippen LogP contribution in [-0.4, -0.2) is 24.9 Å². The van der Waals surface area contributed by atoms with Gasteiger partial charge >= 0.3 is 0 Å². The summed E-state index contributed by atoms with van der Waals surface area (Å²) in [5.74, 6) is -0.525. The van der Waals surface area contributed by atoms with Gasteiger partial charge in [0.1, 0.15) is 11.6 Å². The zero-order valence-corrected chi connectivity index (χ0v) is 12.4. The number of benzene rings is 1. The molecule has 0 unspecified atom stereocenters. The first kappa shape index (κ1) is 15.8. The predicted octanol–water partition coefficient (Wildman–Crippen LogP) is 2.20. The van der Waals surface area contributed by atoms with Crippen LogP contribution in [0, 0.1) is 19.7 Å². The van der Waals surface area contributed by atoms with Crippen LogP contribution in [-0.2, 0) is 0 Å². The number of hydrogen-bond donors (Lipinski definition) is 2. The van der Waals surface area contributed by atoms with Crippen molar-refractivity contribution in [2.45, 2.75) is 13.8 Å². The molecule has 0 saturated heterocycles. The lowest BCUT2D eigenvalue weighted by Crippen LogP contribution is -2.34. The average molecular weight is 304 g/mol. The van der Waals surface area contributed by atoms with Gasteiger partial charge in [0, 0.05) is 18.7 Å². The molecule has 0 aliphatic carbocycles. The van der Waals surface area contributed by atoms with Crippen molar-refractivity contribution < 1.29 is 18.4 Å². The van der Waals surface area contributed by atoms with Gasteiger partial charge in [-0.1, -0.05) is 6.07 Å². The number of halogens is 1. The molecule has 22 heavy (non-hydrogen) atoms. The molecule has 2 N–H and O–H groups in total. The zero-order valence-electron chi connectivity index (χ0n) is 12.4. The van der Waals surface area contributed by atoms with E-state index in [0.717, 1.165) is 0 Å². The summed E-state index contributed by atoms with van der Waals surface area (Å²) in [7, 11) is 0. The van der Waals surface area contributed by atoms with Crippen LogP contribution in [0.1, 0.15) is 32.0 Å². The molecule has 2 amide bonds. The highest BCUT2D eigenvalue weighted by Gasteiger charge is 2.11. The number of rotatable bonds is 5. The molecule has 0 fully saturated rings. The van der Waals surface area contributed by atoms with Gasteiger partial charge in [-0.25, -0.2) is 4.39 Å². The van der Waals surface area contributed by atoms with E-state index in [1.165, 1.54) is 12.3 Å². The van der Waals surface area contributed by atoms with E-state index in [-0.39, 0.29) is 30.5 Å². The second kappa shape index (κ2) is 6.89. The summed E-state index contributed by atoms with van der Waals surface area (Å²) in [5, 5.41) is 5.28. The van der Waals surface area contributed by atoms with Gasteiger partial charge < -0.3 is 15.1 Å². The van der Waals surface area contributed by atoms with Crippen LogP contribution in [0.4, 0.5) is 4.39 Å². The summed E-state index contributed by atoms with van der Waals surface area (Å²) < 4.78 is 18.4. The van der Waals surface area contributed by atoms with Crippen molar-refractivity contribution in [3.8, 4) is 0 Å². The Morgan fingerprint density at radius 1 is 1.09 bits per heavy atom. The Bertz CT molecular complexity index is 694. The lowest BCUT2D eigenvalue weighted by Gasteiger charge is -2.07. The third-order valence-corrected chi connectivity index (χ3v) is 3.23. The standard InChI is InChI=1S/C16H17FN2O3/c1-10-3-4-12(9-14(10)17)15(20)18-6-7-19-16(21)13-5-8-22-11(13)2/h3-5,8-9H,6-7H2,1-2H3,(H,18,20)(H,19,21). The SMILES string of the molecule is Cc1ccc(C(=O)NCCNC(=O)c2ccoc2C)cc1F. The normalized spacial score (nSPS) is 10.3. The summed E-state index contributed by atoms with van der Waals surface area (Å²) in [6, 6.07) is 5.88.